The Morgan fingerprint density at radius 1 is 0.913 bits per heavy atom. The van der Waals surface area contributed by atoms with Gasteiger partial charge in [-0.2, -0.15) is 0 Å². The van der Waals surface area contributed by atoms with E-state index in [-0.39, 0.29) is 6.42 Å². The lowest BCUT2D eigenvalue weighted by molar-refractivity contribution is -0.339. The molecular weight excluding hydrogens is 316 g/mol. The van der Waals surface area contributed by atoms with E-state index in [2.05, 4.69) is 0 Å². The minimum absolute atomic E-state index is 0.108. The smallest absolute Gasteiger partial charge is 0.186 e. The SMILES string of the molecule is CO[C@@H]1O[C@H](CO)[C@@H](O[C@H]2C[C@@H](O)[C@H](O)[C@@H](CO)O2)[C@H](O)[C@H]1O. The average molecular weight is 340 g/mol. The fraction of sp³-hybridized carbons (Fsp3) is 1.00. The van der Waals surface area contributed by atoms with Crippen molar-refractivity contribution in [3.05, 3.63) is 0 Å². The van der Waals surface area contributed by atoms with Crippen LogP contribution >= 0.6 is 0 Å². The molecule has 23 heavy (non-hydrogen) atoms. The maximum atomic E-state index is 10.1. The second kappa shape index (κ2) is 8.12. The Morgan fingerprint density at radius 2 is 1.57 bits per heavy atom. The zero-order valence-electron chi connectivity index (χ0n) is 12.6. The first-order chi connectivity index (χ1) is 10.9. The van der Waals surface area contributed by atoms with E-state index >= 15 is 0 Å². The van der Waals surface area contributed by atoms with Gasteiger partial charge in [-0.15, -0.1) is 0 Å². The molecule has 0 amide bonds. The predicted octanol–water partition coefficient (Wildman–Crippen LogP) is -3.71. The number of hydrogen-bond acceptors (Lipinski definition) is 10. The lowest BCUT2D eigenvalue weighted by Gasteiger charge is -2.44. The van der Waals surface area contributed by atoms with Crippen molar-refractivity contribution in [3.8, 4) is 0 Å². The topological polar surface area (TPSA) is 158 Å². The fourth-order valence-electron chi connectivity index (χ4n) is 2.74. The molecule has 0 aromatic carbocycles. The van der Waals surface area contributed by atoms with E-state index in [1.165, 1.54) is 7.11 Å². The molecule has 2 fully saturated rings. The average Bonchev–Trinajstić information content (AvgIpc) is 2.55. The van der Waals surface area contributed by atoms with Gasteiger partial charge in [0.25, 0.3) is 0 Å². The number of rotatable bonds is 5. The van der Waals surface area contributed by atoms with Crippen LogP contribution in [0.1, 0.15) is 6.42 Å². The van der Waals surface area contributed by atoms with Crippen LogP contribution in [0.25, 0.3) is 0 Å². The van der Waals surface area contributed by atoms with E-state index in [9.17, 15) is 25.5 Å². The summed E-state index contributed by atoms with van der Waals surface area (Å²) in [5, 5.41) is 58.0. The number of ether oxygens (including phenoxy) is 4. The van der Waals surface area contributed by atoms with Crippen molar-refractivity contribution in [3.63, 3.8) is 0 Å². The molecule has 10 heteroatoms. The van der Waals surface area contributed by atoms with Gasteiger partial charge in [0, 0.05) is 13.5 Å². The van der Waals surface area contributed by atoms with Gasteiger partial charge in [0.2, 0.25) is 0 Å². The van der Waals surface area contributed by atoms with E-state index in [1.54, 1.807) is 0 Å². The maximum Gasteiger partial charge on any atom is 0.186 e. The molecular formula is C13H24O10. The summed E-state index contributed by atoms with van der Waals surface area (Å²) in [5.41, 5.74) is 0. The molecule has 0 spiro atoms. The summed E-state index contributed by atoms with van der Waals surface area (Å²) in [6.45, 7) is -1.03. The van der Waals surface area contributed by atoms with Gasteiger partial charge in [-0.1, -0.05) is 0 Å². The first kappa shape index (κ1) is 18.9. The van der Waals surface area contributed by atoms with Crippen molar-refractivity contribution >= 4 is 0 Å². The van der Waals surface area contributed by atoms with Gasteiger partial charge in [-0.25, -0.2) is 0 Å². The Bertz CT molecular complexity index is 367. The van der Waals surface area contributed by atoms with Gasteiger partial charge in [0.05, 0.1) is 19.3 Å². The third-order valence-electron chi connectivity index (χ3n) is 4.08. The standard InChI is InChI=1S/C13H24O10/c1-20-13-11(19)10(18)12(7(4-15)22-13)23-8-2-5(16)9(17)6(3-14)21-8/h5-19H,2-4H2,1H3/t5-,6-,7-,8+,9+,10-,11-,12-,13-/m1/s1. The molecule has 10 nitrogen and oxygen atoms in total. The van der Waals surface area contributed by atoms with E-state index in [0.29, 0.717) is 0 Å². The van der Waals surface area contributed by atoms with Crippen molar-refractivity contribution in [1.29, 1.82) is 0 Å². The van der Waals surface area contributed by atoms with Gasteiger partial charge in [0.15, 0.2) is 12.6 Å². The van der Waals surface area contributed by atoms with Crippen molar-refractivity contribution < 1.29 is 49.6 Å². The molecule has 0 radical (unpaired) electrons. The van der Waals surface area contributed by atoms with Crippen molar-refractivity contribution in [2.24, 2.45) is 0 Å². The molecule has 6 N–H and O–H groups in total. The molecule has 2 aliphatic heterocycles. The number of hydrogen-bond donors (Lipinski definition) is 6. The van der Waals surface area contributed by atoms with Crippen LogP contribution in [0.3, 0.4) is 0 Å². The quantitative estimate of drug-likeness (QED) is 0.294. The minimum Gasteiger partial charge on any atom is -0.394 e. The Balaban J connectivity index is 2.05. The molecule has 0 aromatic heterocycles. The molecule has 0 aliphatic carbocycles. The molecule has 2 rings (SSSR count). The summed E-state index contributed by atoms with van der Waals surface area (Å²) in [6, 6.07) is 0. The Hall–Kier alpha value is -0.400. The van der Waals surface area contributed by atoms with E-state index in [4.69, 9.17) is 24.1 Å². The van der Waals surface area contributed by atoms with Gasteiger partial charge in [-0.3, -0.25) is 0 Å². The monoisotopic (exact) mass is 340 g/mol. The summed E-state index contributed by atoms with van der Waals surface area (Å²) >= 11 is 0. The van der Waals surface area contributed by atoms with Crippen LogP contribution in [0.2, 0.25) is 0 Å². The third-order valence-corrected chi connectivity index (χ3v) is 4.08. The van der Waals surface area contributed by atoms with Crippen LogP contribution in [-0.4, -0.2) is 106 Å². The summed E-state index contributed by atoms with van der Waals surface area (Å²) in [6.07, 6.45) is -10.7. The first-order valence-corrected chi connectivity index (χ1v) is 7.36. The van der Waals surface area contributed by atoms with Gasteiger partial charge in [-0.05, 0) is 0 Å². The van der Waals surface area contributed by atoms with E-state index in [0.717, 1.165) is 0 Å². The summed E-state index contributed by atoms with van der Waals surface area (Å²) < 4.78 is 21.0. The van der Waals surface area contributed by atoms with Gasteiger partial charge in [0.1, 0.15) is 36.6 Å². The molecule has 0 bridgehead atoms. The predicted molar refractivity (Wildman–Crippen MR) is 72.0 cm³/mol. The molecule has 0 saturated carbocycles. The fourth-order valence-corrected chi connectivity index (χ4v) is 2.74. The van der Waals surface area contributed by atoms with Gasteiger partial charge < -0.3 is 49.6 Å². The zero-order chi connectivity index (χ0) is 17.1. The lowest BCUT2D eigenvalue weighted by Crippen LogP contribution is -2.61. The van der Waals surface area contributed by atoms with Gasteiger partial charge >= 0.3 is 0 Å². The van der Waals surface area contributed by atoms with Crippen molar-refractivity contribution in [1.82, 2.24) is 0 Å². The zero-order valence-corrected chi connectivity index (χ0v) is 12.6. The second-order valence-electron chi connectivity index (χ2n) is 5.62. The lowest BCUT2D eigenvalue weighted by atomic mass is 9.98. The van der Waals surface area contributed by atoms with Crippen LogP contribution < -0.4 is 0 Å². The largest absolute Gasteiger partial charge is 0.394 e. The number of methoxy groups -OCH3 is 1. The van der Waals surface area contributed by atoms with E-state index < -0.39 is 68.5 Å². The minimum atomic E-state index is -1.42. The normalized spacial score (nSPS) is 48.4. The molecule has 2 heterocycles. The highest BCUT2D eigenvalue weighted by atomic mass is 16.7. The van der Waals surface area contributed by atoms with Crippen LogP contribution in [0.4, 0.5) is 0 Å². The Morgan fingerprint density at radius 3 is 2.13 bits per heavy atom. The van der Waals surface area contributed by atoms with Crippen LogP contribution in [0.5, 0.6) is 0 Å². The van der Waals surface area contributed by atoms with Crippen molar-refractivity contribution in [2.75, 3.05) is 20.3 Å². The summed E-state index contributed by atoms with van der Waals surface area (Å²) in [5.74, 6) is 0. The summed E-state index contributed by atoms with van der Waals surface area (Å²) in [4.78, 5) is 0. The second-order valence-corrected chi connectivity index (χ2v) is 5.62. The van der Waals surface area contributed by atoms with Crippen LogP contribution in [-0.2, 0) is 18.9 Å². The molecule has 2 aliphatic rings. The third kappa shape index (κ3) is 3.99. The molecule has 0 unspecified atom stereocenters. The van der Waals surface area contributed by atoms with Crippen molar-refractivity contribution in [2.45, 2.75) is 61.7 Å². The maximum absolute atomic E-state index is 10.1. The Kier molecular flexibility index (Phi) is 6.68. The molecule has 9 atom stereocenters. The van der Waals surface area contributed by atoms with E-state index in [1.807, 2.05) is 0 Å². The molecule has 136 valence electrons. The summed E-state index contributed by atoms with van der Waals surface area (Å²) in [7, 11) is 1.28. The molecule has 0 aromatic rings. The highest BCUT2D eigenvalue weighted by molar-refractivity contribution is 4.91. The highest BCUT2D eigenvalue weighted by Crippen LogP contribution is 2.28. The number of aliphatic hydroxyl groups excluding tert-OH is 6. The number of aliphatic hydroxyl groups is 6. The highest BCUT2D eigenvalue weighted by Gasteiger charge is 2.47. The first-order valence-electron chi connectivity index (χ1n) is 7.36. The van der Waals surface area contributed by atoms with Crippen LogP contribution in [0.15, 0.2) is 0 Å². The Labute approximate surface area is 132 Å². The molecule has 2 saturated heterocycles. The van der Waals surface area contributed by atoms with Crippen LogP contribution in [0, 0.1) is 0 Å².